The minimum atomic E-state index is -1.36. The van der Waals surface area contributed by atoms with Crippen LogP contribution in [-0.4, -0.2) is 26.4 Å². The molecule has 0 N–H and O–H groups in total. The Balaban J connectivity index is 1.20. The molecule has 1 spiro atoms. The first kappa shape index (κ1) is 21.3. The summed E-state index contributed by atoms with van der Waals surface area (Å²) >= 11 is 0. The summed E-state index contributed by atoms with van der Waals surface area (Å²) in [5.74, 6) is 0. The lowest BCUT2D eigenvalue weighted by Crippen LogP contribution is -2.44. The van der Waals surface area contributed by atoms with Crippen LogP contribution < -0.4 is 0 Å². The number of aryl methyl sites for hydroxylation is 2. The Morgan fingerprint density at radius 1 is 0.724 bits per heavy atom. The lowest BCUT2D eigenvalue weighted by atomic mass is 9.93. The van der Waals surface area contributed by atoms with Crippen molar-refractivity contribution in [3.63, 3.8) is 0 Å². The first-order valence-corrected chi connectivity index (χ1v) is 11.8. The molecule has 2 aliphatic heterocycles. The van der Waals surface area contributed by atoms with E-state index in [1.165, 1.54) is 16.7 Å². The van der Waals surface area contributed by atoms with Crippen LogP contribution in [0.4, 0.5) is 0 Å². The summed E-state index contributed by atoms with van der Waals surface area (Å²) in [7, 11) is -2.69. The van der Waals surface area contributed by atoms with Gasteiger partial charge in [-0.15, -0.1) is 0 Å². The highest BCUT2D eigenvalue weighted by Gasteiger charge is 2.44. The highest BCUT2D eigenvalue weighted by Crippen LogP contribution is 2.53. The molecule has 0 bridgehead atoms. The van der Waals surface area contributed by atoms with Crippen molar-refractivity contribution in [3.8, 4) is 0 Å². The maximum absolute atomic E-state index is 5.89. The van der Waals surface area contributed by atoms with Gasteiger partial charge in [-0.05, 0) is 36.1 Å². The second kappa shape index (κ2) is 9.91. The molecule has 2 fully saturated rings. The van der Waals surface area contributed by atoms with Crippen molar-refractivity contribution in [1.82, 2.24) is 0 Å². The molecule has 0 radical (unpaired) electrons. The highest BCUT2D eigenvalue weighted by molar-refractivity contribution is 7.42. The van der Waals surface area contributed by atoms with Gasteiger partial charge in [0.15, 0.2) is 0 Å². The van der Waals surface area contributed by atoms with Gasteiger partial charge in [0, 0.05) is 0 Å². The maximum Gasteiger partial charge on any atom is 0.333 e. The lowest BCUT2D eigenvalue weighted by molar-refractivity contribution is -0.0772. The van der Waals surface area contributed by atoms with Crippen LogP contribution in [0.5, 0.6) is 0 Å². The summed E-state index contributed by atoms with van der Waals surface area (Å²) < 4.78 is 35.0. The zero-order valence-corrected chi connectivity index (χ0v) is 18.5. The molecule has 0 aliphatic carbocycles. The third kappa shape index (κ3) is 5.61. The first-order chi connectivity index (χ1) is 14.1. The summed E-state index contributed by atoms with van der Waals surface area (Å²) in [6, 6.07) is 16.2. The second-order valence-electron chi connectivity index (χ2n) is 7.44. The van der Waals surface area contributed by atoms with Crippen LogP contribution in [-0.2, 0) is 40.4 Å². The Morgan fingerprint density at radius 3 is 1.79 bits per heavy atom. The van der Waals surface area contributed by atoms with E-state index in [1.807, 2.05) is 30.3 Å². The number of benzene rings is 2. The third-order valence-corrected chi connectivity index (χ3v) is 7.08. The van der Waals surface area contributed by atoms with E-state index in [0.717, 1.165) is 5.56 Å². The Kier molecular flexibility index (Phi) is 7.28. The molecular formula is C21H26O6P2. The van der Waals surface area contributed by atoms with Crippen LogP contribution >= 0.6 is 17.2 Å². The van der Waals surface area contributed by atoms with Gasteiger partial charge in [0.2, 0.25) is 0 Å². The van der Waals surface area contributed by atoms with Gasteiger partial charge in [-0.2, -0.15) is 0 Å². The predicted octanol–water partition coefficient (Wildman–Crippen LogP) is 5.57. The Morgan fingerprint density at radius 2 is 1.24 bits per heavy atom. The average molecular weight is 436 g/mol. The fourth-order valence-electron chi connectivity index (χ4n) is 3.13. The predicted molar refractivity (Wildman–Crippen MR) is 112 cm³/mol. The van der Waals surface area contributed by atoms with Crippen LogP contribution in [0, 0.1) is 19.3 Å². The van der Waals surface area contributed by atoms with E-state index in [4.69, 9.17) is 27.1 Å². The van der Waals surface area contributed by atoms with E-state index < -0.39 is 17.2 Å². The molecule has 2 heterocycles. The molecule has 0 unspecified atom stereocenters. The van der Waals surface area contributed by atoms with E-state index in [9.17, 15) is 0 Å². The number of hydrogen-bond donors (Lipinski definition) is 0. The van der Waals surface area contributed by atoms with E-state index in [-0.39, 0.29) is 5.41 Å². The smallest absolute Gasteiger partial charge is 0.311 e. The average Bonchev–Trinajstić information content (AvgIpc) is 2.75. The molecule has 4 rings (SSSR count). The van der Waals surface area contributed by atoms with Crippen molar-refractivity contribution in [2.24, 2.45) is 5.41 Å². The van der Waals surface area contributed by atoms with Gasteiger partial charge in [-0.25, -0.2) is 0 Å². The normalized spacial score (nSPS) is 27.2. The van der Waals surface area contributed by atoms with Crippen LogP contribution in [0.25, 0.3) is 0 Å². The topological polar surface area (TPSA) is 55.4 Å². The van der Waals surface area contributed by atoms with Crippen LogP contribution in [0.15, 0.2) is 48.5 Å². The number of hydrogen-bond acceptors (Lipinski definition) is 6. The molecule has 0 amide bonds. The minimum absolute atomic E-state index is 0.296. The number of rotatable bonds is 6. The zero-order chi connectivity index (χ0) is 20.1. The molecular weight excluding hydrogens is 410 g/mol. The van der Waals surface area contributed by atoms with Gasteiger partial charge in [0.1, 0.15) is 0 Å². The Hall–Kier alpha value is -0.940. The minimum Gasteiger partial charge on any atom is -0.311 e. The van der Waals surface area contributed by atoms with Crippen LogP contribution in [0.2, 0.25) is 0 Å². The van der Waals surface area contributed by atoms with E-state index in [2.05, 4.69) is 32.0 Å². The van der Waals surface area contributed by atoms with Gasteiger partial charge >= 0.3 is 17.2 Å². The summed E-state index contributed by atoms with van der Waals surface area (Å²) in [5.41, 5.74) is 4.42. The van der Waals surface area contributed by atoms with E-state index in [1.54, 1.807) is 0 Å². The fraction of sp³-hybridized carbons (Fsp3) is 0.429. The van der Waals surface area contributed by atoms with Gasteiger partial charge < -0.3 is 27.1 Å². The molecule has 2 aromatic rings. The van der Waals surface area contributed by atoms with Gasteiger partial charge in [0.05, 0.1) is 45.1 Å². The van der Waals surface area contributed by atoms with Crippen LogP contribution in [0.1, 0.15) is 22.3 Å². The van der Waals surface area contributed by atoms with Gasteiger partial charge in [-0.3, -0.25) is 0 Å². The van der Waals surface area contributed by atoms with Crippen molar-refractivity contribution in [2.45, 2.75) is 27.1 Å². The Labute approximate surface area is 174 Å². The van der Waals surface area contributed by atoms with Crippen molar-refractivity contribution in [1.29, 1.82) is 0 Å². The molecule has 2 aliphatic rings. The molecule has 2 saturated heterocycles. The largest absolute Gasteiger partial charge is 0.333 e. The molecule has 0 saturated carbocycles. The zero-order valence-electron chi connectivity index (χ0n) is 16.7. The fourth-order valence-corrected chi connectivity index (χ4v) is 5.58. The van der Waals surface area contributed by atoms with Gasteiger partial charge in [0.25, 0.3) is 0 Å². The Bertz CT molecular complexity index is 765. The third-order valence-electron chi connectivity index (χ3n) is 5.04. The molecule has 0 aromatic heterocycles. The highest BCUT2D eigenvalue weighted by atomic mass is 31.2. The molecule has 29 heavy (non-hydrogen) atoms. The summed E-state index contributed by atoms with van der Waals surface area (Å²) in [4.78, 5) is 0. The summed E-state index contributed by atoms with van der Waals surface area (Å²) in [6.07, 6.45) is 0. The molecule has 156 valence electrons. The molecule has 8 heteroatoms. The lowest BCUT2D eigenvalue weighted by Gasteiger charge is -2.41. The summed E-state index contributed by atoms with van der Waals surface area (Å²) in [5, 5.41) is 0. The van der Waals surface area contributed by atoms with Crippen molar-refractivity contribution < 1.29 is 27.1 Å². The first-order valence-electron chi connectivity index (χ1n) is 9.60. The second-order valence-corrected chi connectivity index (χ2v) is 9.89. The SMILES string of the molecule is Cc1cccc(C)c1COP1OCC2(COP(OCc3ccccc3)OC2)CO1. The quantitative estimate of drug-likeness (QED) is 0.552. The van der Waals surface area contributed by atoms with Crippen molar-refractivity contribution in [2.75, 3.05) is 26.4 Å². The molecule has 2 aromatic carbocycles. The molecule has 6 nitrogen and oxygen atoms in total. The van der Waals surface area contributed by atoms with E-state index in [0.29, 0.717) is 39.6 Å². The van der Waals surface area contributed by atoms with E-state index >= 15 is 0 Å². The van der Waals surface area contributed by atoms with Crippen molar-refractivity contribution in [3.05, 3.63) is 70.8 Å². The summed E-state index contributed by atoms with van der Waals surface area (Å²) in [6.45, 7) is 7.12. The maximum atomic E-state index is 5.89. The standard InChI is InChI=1S/C21H26O6P2/c1-17-7-6-8-18(2)20(17)12-23-29-26-15-21(16-27-29)13-24-28(25-14-21)22-11-19-9-4-3-5-10-19/h3-10H,11-16H2,1-2H3. The van der Waals surface area contributed by atoms with Gasteiger partial charge in [-0.1, -0.05) is 48.5 Å². The van der Waals surface area contributed by atoms with Crippen LogP contribution in [0.3, 0.4) is 0 Å². The van der Waals surface area contributed by atoms with Crippen molar-refractivity contribution >= 4 is 17.2 Å². The molecule has 0 atom stereocenters. The monoisotopic (exact) mass is 436 g/mol.